The number of nitrogens with one attached hydrogen (secondary N) is 1. The number of fused-ring (bicyclic) bond motifs is 2. The molecule has 1 atom stereocenters. The zero-order valence-electron chi connectivity index (χ0n) is 16.0. The molecular weight excluding hydrogens is 320 g/mol. The molecule has 3 nitrogen and oxygen atoms in total. The van der Waals surface area contributed by atoms with Crippen LogP contribution in [0, 0.1) is 17.3 Å². The number of anilines is 1. The molecular formula is C23H26N2O. The van der Waals surface area contributed by atoms with Crippen molar-refractivity contribution in [3.05, 3.63) is 65.2 Å². The molecule has 3 rings (SSSR count). The maximum absolute atomic E-state index is 13.6. The van der Waals surface area contributed by atoms with Crippen LogP contribution >= 0.6 is 0 Å². The molecule has 1 N–H and O–H groups in total. The molecule has 3 heteroatoms. The van der Waals surface area contributed by atoms with Crippen molar-refractivity contribution >= 4 is 11.6 Å². The zero-order chi connectivity index (χ0) is 18.7. The molecule has 0 saturated heterocycles. The summed E-state index contributed by atoms with van der Waals surface area (Å²) < 4.78 is 0. The van der Waals surface area contributed by atoms with Crippen molar-refractivity contribution in [2.75, 3.05) is 11.9 Å². The SMILES string of the molecule is CNC(C)CC(C)(C)C(=O)N1Cc2ccccc2C#Cc2ccccc21. The van der Waals surface area contributed by atoms with E-state index in [1.807, 2.05) is 68.3 Å². The van der Waals surface area contributed by atoms with Gasteiger partial charge in [-0.1, -0.05) is 56.0 Å². The van der Waals surface area contributed by atoms with Crippen LogP contribution in [0.25, 0.3) is 0 Å². The van der Waals surface area contributed by atoms with Gasteiger partial charge < -0.3 is 10.2 Å². The van der Waals surface area contributed by atoms with Crippen LogP contribution < -0.4 is 10.2 Å². The second kappa shape index (κ2) is 7.35. The van der Waals surface area contributed by atoms with Crippen LogP contribution in [0.1, 0.15) is 43.9 Å². The Kier molecular flexibility index (Phi) is 5.15. The van der Waals surface area contributed by atoms with Crippen LogP contribution in [0.4, 0.5) is 5.69 Å². The van der Waals surface area contributed by atoms with Gasteiger partial charge in [0.1, 0.15) is 0 Å². The Balaban J connectivity index is 2.06. The lowest BCUT2D eigenvalue weighted by atomic mass is 9.84. The third-order valence-electron chi connectivity index (χ3n) is 5.01. The number of carbonyl (C=O) groups is 1. The second-order valence-corrected chi connectivity index (χ2v) is 7.59. The number of benzene rings is 2. The van der Waals surface area contributed by atoms with Crippen LogP contribution in [-0.4, -0.2) is 19.0 Å². The minimum Gasteiger partial charge on any atom is -0.317 e. The molecule has 26 heavy (non-hydrogen) atoms. The highest BCUT2D eigenvalue weighted by Gasteiger charge is 2.35. The number of amides is 1. The van der Waals surface area contributed by atoms with E-state index in [1.54, 1.807) is 0 Å². The largest absolute Gasteiger partial charge is 0.317 e. The first-order valence-corrected chi connectivity index (χ1v) is 9.10. The first-order valence-electron chi connectivity index (χ1n) is 9.10. The van der Waals surface area contributed by atoms with Crippen LogP contribution in [0.5, 0.6) is 0 Å². The summed E-state index contributed by atoms with van der Waals surface area (Å²) in [5.41, 5.74) is 3.39. The summed E-state index contributed by atoms with van der Waals surface area (Å²) in [5.74, 6) is 6.65. The van der Waals surface area contributed by atoms with Gasteiger partial charge in [0, 0.05) is 22.6 Å². The summed E-state index contributed by atoms with van der Waals surface area (Å²) in [6.45, 7) is 6.71. The summed E-state index contributed by atoms with van der Waals surface area (Å²) in [7, 11) is 1.93. The molecule has 2 aromatic rings. The molecule has 0 bridgehead atoms. The van der Waals surface area contributed by atoms with Crippen molar-refractivity contribution in [3.63, 3.8) is 0 Å². The van der Waals surface area contributed by atoms with Gasteiger partial charge in [0.25, 0.3) is 0 Å². The summed E-state index contributed by atoms with van der Waals surface area (Å²) in [5, 5.41) is 3.24. The number of para-hydroxylation sites is 1. The van der Waals surface area contributed by atoms with Gasteiger partial charge in [-0.3, -0.25) is 4.79 Å². The number of nitrogens with zero attached hydrogens (tertiary/aromatic N) is 1. The number of hydrogen-bond acceptors (Lipinski definition) is 2. The van der Waals surface area contributed by atoms with Crippen molar-refractivity contribution in [1.82, 2.24) is 5.32 Å². The first kappa shape index (κ1) is 18.2. The second-order valence-electron chi connectivity index (χ2n) is 7.59. The Hall–Kier alpha value is -2.57. The van der Waals surface area contributed by atoms with Crippen molar-refractivity contribution in [2.24, 2.45) is 5.41 Å². The summed E-state index contributed by atoms with van der Waals surface area (Å²) in [6, 6.07) is 16.3. The van der Waals surface area contributed by atoms with E-state index in [9.17, 15) is 4.79 Å². The molecule has 0 aliphatic carbocycles. The van der Waals surface area contributed by atoms with Gasteiger partial charge in [0.2, 0.25) is 5.91 Å². The molecule has 2 aromatic carbocycles. The van der Waals surface area contributed by atoms with Crippen molar-refractivity contribution in [1.29, 1.82) is 0 Å². The van der Waals surface area contributed by atoms with Crippen molar-refractivity contribution in [3.8, 4) is 11.8 Å². The van der Waals surface area contributed by atoms with Crippen LogP contribution in [0.15, 0.2) is 48.5 Å². The average molecular weight is 346 g/mol. The van der Waals surface area contributed by atoms with Gasteiger partial charge in [0.05, 0.1) is 12.2 Å². The Morgan fingerprint density at radius 1 is 1.12 bits per heavy atom. The molecule has 1 aliphatic heterocycles. The number of carbonyl (C=O) groups excluding carboxylic acids is 1. The zero-order valence-corrected chi connectivity index (χ0v) is 16.0. The summed E-state index contributed by atoms with van der Waals surface area (Å²) in [6.07, 6.45) is 0.772. The maximum Gasteiger partial charge on any atom is 0.233 e. The molecule has 0 radical (unpaired) electrons. The fraction of sp³-hybridized carbons (Fsp3) is 0.348. The highest BCUT2D eigenvalue weighted by Crippen LogP contribution is 2.32. The summed E-state index contributed by atoms with van der Waals surface area (Å²) in [4.78, 5) is 15.5. The highest BCUT2D eigenvalue weighted by molar-refractivity contribution is 5.98. The normalized spacial score (nSPS) is 14.2. The molecule has 0 aromatic heterocycles. The molecule has 0 saturated carbocycles. The number of rotatable bonds is 4. The van der Waals surface area contributed by atoms with Crippen LogP contribution in [0.2, 0.25) is 0 Å². The first-order chi connectivity index (χ1) is 12.4. The minimum absolute atomic E-state index is 0.130. The lowest BCUT2D eigenvalue weighted by Gasteiger charge is -2.34. The molecule has 1 aliphatic rings. The quantitative estimate of drug-likeness (QED) is 0.850. The van der Waals surface area contributed by atoms with E-state index in [0.29, 0.717) is 6.54 Å². The standard InChI is InChI=1S/C23H26N2O/c1-17(24-4)15-23(2,3)22(26)25-16-20-11-6-5-9-18(20)13-14-19-10-7-8-12-21(19)25/h5-12,17,24H,15-16H2,1-4H3. The fourth-order valence-corrected chi connectivity index (χ4v) is 3.49. The van der Waals surface area contributed by atoms with E-state index in [0.717, 1.165) is 28.8 Å². The van der Waals surface area contributed by atoms with E-state index in [4.69, 9.17) is 0 Å². The van der Waals surface area contributed by atoms with Gasteiger partial charge in [-0.2, -0.15) is 0 Å². The lowest BCUT2D eigenvalue weighted by molar-refractivity contribution is -0.127. The third kappa shape index (κ3) is 3.66. The monoisotopic (exact) mass is 346 g/mol. The average Bonchev–Trinajstić information content (AvgIpc) is 2.62. The van der Waals surface area contributed by atoms with Crippen LogP contribution in [0.3, 0.4) is 0 Å². The Morgan fingerprint density at radius 2 is 1.73 bits per heavy atom. The molecule has 1 heterocycles. The topological polar surface area (TPSA) is 32.3 Å². The van der Waals surface area contributed by atoms with Gasteiger partial charge in [-0.05, 0) is 44.2 Å². The Bertz CT molecular complexity index is 873. The third-order valence-corrected chi connectivity index (χ3v) is 5.01. The van der Waals surface area contributed by atoms with E-state index in [-0.39, 0.29) is 11.9 Å². The molecule has 0 spiro atoms. The maximum atomic E-state index is 13.6. The van der Waals surface area contributed by atoms with Gasteiger partial charge in [0.15, 0.2) is 0 Å². The van der Waals surface area contributed by atoms with Gasteiger partial charge >= 0.3 is 0 Å². The Labute approximate surface area is 156 Å². The van der Waals surface area contributed by atoms with Crippen LogP contribution in [-0.2, 0) is 11.3 Å². The molecule has 1 unspecified atom stereocenters. The minimum atomic E-state index is -0.475. The number of hydrogen-bond donors (Lipinski definition) is 1. The van der Waals surface area contributed by atoms with E-state index in [2.05, 4.69) is 30.1 Å². The van der Waals surface area contributed by atoms with Gasteiger partial charge in [-0.25, -0.2) is 0 Å². The highest BCUT2D eigenvalue weighted by atomic mass is 16.2. The Morgan fingerprint density at radius 3 is 2.46 bits per heavy atom. The smallest absolute Gasteiger partial charge is 0.233 e. The van der Waals surface area contributed by atoms with Crippen molar-refractivity contribution in [2.45, 2.75) is 39.8 Å². The molecule has 134 valence electrons. The van der Waals surface area contributed by atoms with E-state index >= 15 is 0 Å². The predicted molar refractivity (Wildman–Crippen MR) is 107 cm³/mol. The van der Waals surface area contributed by atoms with E-state index in [1.165, 1.54) is 0 Å². The molecule has 1 amide bonds. The molecule has 0 fully saturated rings. The van der Waals surface area contributed by atoms with E-state index < -0.39 is 5.41 Å². The fourth-order valence-electron chi connectivity index (χ4n) is 3.49. The summed E-state index contributed by atoms with van der Waals surface area (Å²) >= 11 is 0. The lowest BCUT2D eigenvalue weighted by Crippen LogP contribution is -2.44. The van der Waals surface area contributed by atoms with Crippen molar-refractivity contribution < 1.29 is 4.79 Å². The van der Waals surface area contributed by atoms with Gasteiger partial charge in [-0.15, -0.1) is 0 Å². The predicted octanol–water partition coefficient (Wildman–Crippen LogP) is 3.96.